The quantitative estimate of drug-likeness (QED) is 0.803. The van der Waals surface area contributed by atoms with E-state index < -0.39 is 0 Å². The van der Waals surface area contributed by atoms with Crippen molar-refractivity contribution < 1.29 is 4.79 Å². The number of rotatable bonds is 2. The molecule has 24 heavy (non-hydrogen) atoms. The molecule has 0 aromatic carbocycles. The average molecular weight is 346 g/mol. The van der Waals surface area contributed by atoms with E-state index in [1.165, 1.54) is 12.5 Å². The lowest BCUT2D eigenvalue weighted by atomic mass is 10.2. The smallest absolute Gasteiger partial charge is 0.274 e. The highest BCUT2D eigenvalue weighted by atomic mass is 35.5. The number of hydrogen-bond donors (Lipinski definition) is 0. The van der Waals surface area contributed by atoms with Crippen molar-refractivity contribution in [3.05, 3.63) is 34.6 Å². The largest absolute Gasteiger partial charge is 0.333 e. The molecule has 2 fully saturated rings. The molecule has 2 bridgehead atoms. The number of amides is 1. The van der Waals surface area contributed by atoms with Crippen LogP contribution in [0.1, 0.15) is 28.3 Å². The maximum atomic E-state index is 12.7. The molecule has 2 aliphatic heterocycles. The Morgan fingerprint density at radius 1 is 1.21 bits per heavy atom. The second-order valence-corrected chi connectivity index (χ2v) is 6.56. The van der Waals surface area contributed by atoms with Crippen LogP contribution in [0.25, 0.3) is 0 Å². The highest BCUT2D eigenvalue weighted by Gasteiger charge is 2.47. The molecule has 2 aromatic rings. The fourth-order valence-corrected chi connectivity index (χ4v) is 3.52. The minimum atomic E-state index is -0.145. The van der Waals surface area contributed by atoms with Gasteiger partial charge in [0.15, 0.2) is 0 Å². The summed E-state index contributed by atoms with van der Waals surface area (Å²) >= 11 is 6.05. The first kappa shape index (κ1) is 15.2. The third-order valence-corrected chi connectivity index (χ3v) is 4.99. The summed E-state index contributed by atoms with van der Waals surface area (Å²) < 4.78 is 0. The van der Waals surface area contributed by atoms with E-state index >= 15 is 0 Å². The van der Waals surface area contributed by atoms with Crippen LogP contribution in [0.3, 0.4) is 0 Å². The number of likely N-dealkylation sites (tertiary alicyclic amines) is 1. The lowest BCUT2D eigenvalue weighted by Crippen LogP contribution is -2.49. The third-order valence-electron chi connectivity index (χ3n) is 4.71. The van der Waals surface area contributed by atoms with Crippen LogP contribution in [-0.4, -0.2) is 61.1 Å². The van der Waals surface area contributed by atoms with Crippen molar-refractivity contribution in [3.8, 4) is 0 Å². The zero-order chi connectivity index (χ0) is 16.8. The summed E-state index contributed by atoms with van der Waals surface area (Å²) in [6.07, 6.45) is 3.68. The first-order valence-electron chi connectivity index (χ1n) is 7.75. The summed E-state index contributed by atoms with van der Waals surface area (Å²) in [5, 5.41) is 8.63. The number of aryl methyl sites for hydroxylation is 2. The molecule has 2 aliphatic rings. The third kappa shape index (κ3) is 2.37. The van der Waals surface area contributed by atoms with Gasteiger partial charge < -0.3 is 9.80 Å². The topological polar surface area (TPSA) is 88.0 Å². The predicted octanol–water partition coefficient (Wildman–Crippen LogP) is 1.04. The lowest BCUT2D eigenvalue weighted by molar-refractivity contribution is 0.0719. The Morgan fingerprint density at radius 2 is 2.04 bits per heavy atom. The van der Waals surface area contributed by atoms with Gasteiger partial charge in [0, 0.05) is 19.3 Å². The first-order chi connectivity index (χ1) is 11.5. The number of carbonyl (C=O) groups excluding carboxylic acids is 1. The van der Waals surface area contributed by atoms with Crippen LogP contribution in [0.15, 0.2) is 12.5 Å². The van der Waals surface area contributed by atoms with E-state index in [4.69, 9.17) is 11.6 Å². The van der Waals surface area contributed by atoms with Crippen molar-refractivity contribution in [2.45, 2.75) is 32.4 Å². The fourth-order valence-electron chi connectivity index (χ4n) is 3.33. The number of aromatic nitrogens is 5. The van der Waals surface area contributed by atoms with Gasteiger partial charge in [-0.3, -0.25) is 4.79 Å². The molecule has 2 saturated heterocycles. The maximum Gasteiger partial charge on any atom is 0.274 e. The van der Waals surface area contributed by atoms with Crippen LogP contribution in [-0.2, 0) is 0 Å². The van der Waals surface area contributed by atoms with Crippen molar-refractivity contribution in [2.75, 3.05) is 18.0 Å². The van der Waals surface area contributed by atoms with Crippen molar-refractivity contribution in [1.29, 1.82) is 0 Å². The van der Waals surface area contributed by atoms with Crippen LogP contribution >= 0.6 is 11.6 Å². The molecule has 2 atom stereocenters. The van der Waals surface area contributed by atoms with Gasteiger partial charge in [-0.1, -0.05) is 11.6 Å². The zero-order valence-electron chi connectivity index (χ0n) is 13.3. The molecule has 0 spiro atoms. The maximum absolute atomic E-state index is 12.7. The monoisotopic (exact) mass is 345 g/mol. The number of halogens is 1. The highest BCUT2D eigenvalue weighted by molar-refractivity contribution is 6.33. The summed E-state index contributed by atoms with van der Waals surface area (Å²) in [5.41, 5.74) is 1.97. The van der Waals surface area contributed by atoms with Gasteiger partial charge in [-0.15, -0.1) is 5.10 Å². The van der Waals surface area contributed by atoms with Crippen LogP contribution in [0.5, 0.6) is 0 Å². The summed E-state index contributed by atoms with van der Waals surface area (Å²) in [5.74, 6) is 0.492. The molecule has 0 aliphatic carbocycles. The second-order valence-electron chi connectivity index (χ2n) is 6.16. The van der Waals surface area contributed by atoms with Crippen LogP contribution in [0, 0.1) is 13.8 Å². The number of piperazine rings is 1. The van der Waals surface area contributed by atoms with Gasteiger partial charge >= 0.3 is 0 Å². The molecule has 124 valence electrons. The van der Waals surface area contributed by atoms with E-state index in [9.17, 15) is 4.79 Å². The Balaban J connectivity index is 1.53. The average Bonchev–Trinajstić information content (AvgIpc) is 3.18. The van der Waals surface area contributed by atoms with Crippen molar-refractivity contribution >= 4 is 23.5 Å². The molecule has 1 amide bonds. The minimum Gasteiger partial charge on any atom is -0.333 e. The van der Waals surface area contributed by atoms with Gasteiger partial charge in [-0.25, -0.2) is 15.0 Å². The summed E-state index contributed by atoms with van der Waals surface area (Å²) in [6.45, 7) is 5.12. The molecule has 4 heterocycles. The molecule has 0 radical (unpaired) electrons. The van der Waals surface area contributed by atoms with Crippen LogP contribution in [0.4, 0.5) is 5.95 Å². The van der Waals surface area contributed by atoms with Gasteiger partial charge in [-0.2, -0.15) is 5.10 Å². The lowest BCUT2D eigenvalue weighted by Gasteiger charge is -2.34. The van der Waals surface area contributed by atoms with Gasteiger partial charge in [0.2, 0.25) is 5.95 Å². The van der Waals surface area contributed by atoms with Gasteiger partial charge in [0.05, 0.1) is 28.5 Å². The molecule has 8 nitrogen and oxygen atoms in total. The minimum absolute atomic E-state index is 0.110. The number of carbonyl (C=O) groups is 1. The van der Waals surface area contributed by atoms with E-state index in [-0.39, 0.29) is 28.7 Å². The van der Waals surface area contributed by atoms with Crippen molar-refractivity contribution in [1.82, 2.24) is 30.0 Å². The Hall–Kier alpha value is -2.35. The number of fused-ring (bicyclic) bond motifs is 2. The number of nitrogens with zero attached hydrogens (tertiary/aromatic N) is 7. The summed E-state index contributed by atoms with van der Waals surface area (Å²) in [6, 6.07) is 0.308. The Bertz CT molecular complexity index is 814. The number of anilines is 1. The molecular weight excluding hydrogens is 330 g/mol. The van der Waals surface area contributed by atoms with Crippen molar-refractivity contribution in [3.63, 3.8) is 0 Å². The zero-order valence-corrected chi connectivity index (χ0v) is 14.1. The van der Waals surface area contributed by atoms with E-state index in [1.807, 2.05) is 18.7 Å². The summed E-state index contributed by atoms with van der Waals surface area (Å²) in [4.78, 5) is 29.0. The molecule has 2 aromatic heterocycles. The summed E-state index contributed by atoms with van der Waals surface area (Å²) in [7, 11) is 0. The highest BCUT2D eigenvalue weighted by Crippen LogP contribution is 2.34. The SMILES string of the molecule is Cc1nnc(N2C[C@@H]3C[C@H]2CN3C(=O)c2ncncc2Cl)nc1C. The molecule has 0 unspecified atom stereocenters. The van der Waals surface area contributed by atoms with E-state index in [1.54, 1.807) is 0 Å². The van der Waals surface area contributed by atoms with Crippen LogP contribution < -0.4 is 4.90 Å². The Labute approximate surface area is 143 Å². The molecule has 4 rings (SSSR count). The Morgan fingerprint density at radius 3 is 2.71 bits per heavy atom. The standard InChI is InChI=1S/C15H16ClN7O/c1-8-9(2)20-21-15(19-8)23-6-10-3-11(23)5-22(10)14(24)13-12(16)4-17-7-18-13/h4,7,10-11H,3,5-6H2,1-2H3/t10-,11-/m0/s1. The number of hydrogen-bond acceptors (Lipinski definition) is 7. The van der Waals surface area contributed by atoms with Gasteiger partial charge in [0.25, 0.3) is 5.91 Å². The van der Waals surface area contributed by atoms with E-state index in [0.29, 0.717) is 19.0 Å². The second kappa shape index (κ2) is 5.62. The van der Waals surface area contributed by atoms with E-state index in [0.717, 1.165) is 17.8 Å². The van der Waals surface area contributed by atoms with Gasteiger partial charge in [-0.05, 0) is 20.3 Å². The van der Waals surface area contributed by atoms with Crippen LogP contribution in [0.2, 0.25) is 5.02 Å². The molecule has 0 N–H and O–H groups in total. The molecule has 9 heteroatoms. The van der Waals surface area contributed by atoms with Gasteiger partial charge in [0.1, 0.15) is 12.0 Å². The first-order valence-corrected chi connectivity index (χ1v) is 8.13. The fraction of sp³-hybridized carbons (Fsp3) is 0.467. The van der Waals surface area contributed by atoms with E-state index in [2.05, 4.69) is 30.0 Å². The predicted molar refractivity (Wildman–Crippen MR) is 86.9 cm³/mol. The normalized spacial score (nSPS) is 22.3. The molecule has 0 saturated carbocycles. The Kier molecular flexibility index (Phi) is 3.56. The van der Waals surface area contributed by atoms with Crippen molar-refractivity contribution in [2.24, 2.45) is 0 Å². The molecular formula is C15H16ClN7O.